The smallest absolute Gasteiger partial charge is 0.326 e. The number of carbonyl (C=O) groups excluding carboxylic acids is 1. The fraction of sp³-hybridized carbons (Fsp3) is 0.250. The molecule has 0 saturated carbocycles. The molecule has 164 valence electrons. The molecular formula is C24H22F2N4O2. The largest absolute Gasteiger partial charge is 0.395 e. The normalized spacial score (nSPS) is 22.0. The van der Waals surface area contributed by atoms with Gasteiger partial charge in [0.15, 0.2) is 0 Å². The van der Waals surface area contributed by atoms with E-state index in [-0.39, 0.29) is 30.3 Å². The van der Waals surface area contributed by atoms with Gasteiger partial charge in [-0.15, -0.1) is 0 Å². The first kappa shape index (κ1) is 20.5. The molecule has 0 radical (unpaired) electrons. The summed E-state index contributed by atoms with van der Waals surface area (Å²) in [5, 5.41) is 12.6. The fourth-order valence-corrected chi connectivity index (χ4v) is 4.87. The number of hydrogen-bond acceptors (Lipinski definition) is 4. The monoisotopic (exact) mass is 436 g/mol. The Bertz CT molecular complexity index is 1140. The minimum atomic E-state index is -0.703. The van der Waals surface area contributed by atoms with Crippen LogP contribution < -0.4 is 10.2 Å². The summed E-state index contributed by atoms with van der Waals surface area (Å²) in [5.41, 5.74) is 2.53. The number of halogens is 2. The zero-order valence-electron chi connectivity index (χ0n) is 17.2. The van der Waals surface area contributed by atoms with Crippen molar-refractivity contribution < 1.29 is 18.7 Å². The van der Waals surface area contributed by atoms with E-state index < -0.39 is 17.7 Å². The molecule has 0 aliphatic carbocycles. The van der Waals surface area contributed by atoms with Crippen LogP contribution in [0.2, 0.25) is 0 Å². The third-order valence-electron chi connectivity index (χ3n) is 6.35. The number of benzene rings is 2. The first-order valence-electron chi connectivity index (χ1n) is 10.4. The molecule has 6 nitrogen and oxygen atoms in total. The molecule has 1 fully saturated rings. The number of rotatable bonds is 4. The Kier molecular flexibility index (Phi) is 5.32. The molecule has 0 bridgehead atoms. The maximum Gasteiger partial charge on any atom is 0.326 e. The molecule has 3 aromatic rings. The van der Waals surface area contributed by atoms with Crippen LogP contribution in [-0.2, 0) is 6.54 Å². The highest BCUT2D eigenvalue weighted by molar-refractivity contribution is 6.03. The number of aliphatic hydroxyl groups is 1. The van der Waals surface area contributed by atoms with E-state index in [9.17, 15) is 18.7 Å². The molecule has 2 aliphatic heterocycles. The van der Waals surface area contributed by atoms with Gasteiger partial charge in [0.2, 0.25) is 0 Å². The van der Waals surface area contributed by atoms with Crippen molar-refractivity contribution in [1.82, 2.24) is 9.88 Å². The van der Waals surface area contributed by atoms with E-state index in [0.29, 0.717) is 18.8 Å². The summed E-state index contributed by atoms with van der Waals surface area (Å²) in [5.74, 6) is -1.26. The average Bonchev–Trinajstić information content (AvgIpc) is 2.80. The van der Waals surface area contributed by atoms with Crippen molar-refractivity contribution in [3.63, 3.8) is 0 Å². The molecule has 2 amide bonds. The van der Waals surface area contributed by atoms with Gasteiger partial charge < -0.3 is 10.4 Å². The Hall–Kier alpha value is -3.36. The van der Waals surface area contributed by atoms with Crippen LogP contribution in [-0.4, -0.2) is 46.3 Å². The Morgan fingerprint density at radius 3 is 2.69 bits per heavy atom. The van der Waals surface area contributed by atoms with Crippen LogP contribution in [0.15, 0.2) is 67.0 Å². The summed E-state index contributed by atoms with van der Waals surface area (Å²) < 4.78 is 27.7. The van der Waals surface area contributed by atoms with Gasteiger partial charge in [-0.1, -0.05) is 18.2 Å². The van der Waals surface area contributed by atoms with Gasteiger partial charge in [0.25, 0.3) is 0 Å². The summed E-state index contributed by atoms with van der Waals surface area (Å²) in [4.78, 5) is 20.9. The van der Waals surface area contributed by atoms with Gasteiger partial charge in [0, 0.05) is 55.2 Å². The molecule has 5 rings (SSSR count). The lowest BCUT2D eigenvalue weighted by Gasteiger charge is -2.59. The third-order valence-corrected chi connectivity index (χ3v) is 6.35. The lowest BCUT2D eigenvalue weighted by atomic mass is 9.72. The Morgan fingerprint density at radius 2 is 1.91 bits per heavy atom. The van der Waals surface area contributed by atoms with E-state index in [1.165, 1.54) is 0 Å². The highest BCUT2D eigenvalue weighted by atomic mass is 19.1. The quantitative estimate of drug-likeness (QED) is 0.654. The predicted octanol–water partition coefficient (Wildman–Crippen LogP) is 3.74. The molecule has 0 spiro atoms. The number of anilines is 2. The number of pyridine rings is 1. The molecule has 2 aromatic carbocycles. The van der Waals surface area contributed by atoms with Crippen LogP contribution in [0.3, 0.4) is 0 Å². The second kappa shape index (κ2) is 8.29. The summed E-state index contributed by atoms with van der Waals surface area (Å²) >= 11 is 0. The molecule has 1 saturated heterocycles. The first-order chi connectivity index (χ1) is 15.6. The summed E-state index contributed by atoms with van der Waals surface area (Å²) in [6, 6.07) is 13.7. The van der Waals surface area contributed by atoms with Crippen molar-refractivity contribution in [3.8, 4) is 0 Å². The number of carbonyl (C=O) groups is 1. The highest BCUT2D eigenvalue weighted by Gasteiger charge is 2.53. The Labute approximate surface area is 184 Å². The number of fused-ring (bicyclic) bond motifs is 3. The van der Waals surface area contributed by atoms with Gasteiger partial charge in [-0.2, -0.15) is 0 Å². The van der Waals surface area contributed by atoms with Crippen molar-refractivity contribution >= 4 is 17.4 Å². The van der Waals surface area contributed by atoms with E-state index in [0.717, 1.165) is 29.3 Å². The van der Waals surface area contributed by atoms with E-state index in [1.807, 2.05) is 36.4 Å². The van der Waals surface area contributed by atoms with Crippen LogP contribution in [0.5, 0.6) is 0 Å². The molecule has 2 N–H and O–H groups in total. The van der Waals surface area contributed by atoms with Crippen molar-refractivity contribution in [2.75, 3.05) is 23.4 Å². The maximum absolute atomic E-state index is 14.1. The van der Waals surface area contributed by atoms with Crippen molar-refractivity contribution in [2.24, 2.45) is 0 Å². The number of hydrogen-bond donors (Lipinski definition) is 2. The van der Waals surface area contributed by atoms with Gasteiger partial charge in [0.05, 0.1) is 12.3 Å². The van der Waals surface area contributed by atoms with Crippen molar-refractivity contribution in [3.05, 3.63) is 89.8 Å². The van der Waals surface area contributed by atoms with Crippen LogP contribution in [0.1, 0.15) is 17.0 Å². The van der Waals surface area contributed by atoms with Gasteiger partial charge >= 0.3 is 6.03 Å². The predicted molar refractivity (Wildman–Crippen MR) is 116 cm³/mol. The lowest BCUT2D eigenvalue weighted by Crippen LogP contribution is -2.69. The van der Waals surface area contributed by atoms with E-state index in [1.54, 1.807) is 17.3 Å². The minimum absolute atomic E-state index is 0.00127. The number of urea groups is 1. The second-order valence-corrected chi connectivity index (χ2v) is 8.09. The molecular weight excluding hydrogens is 414 g/mol. The van der Waals surface area contributed by atoms with Crippen LogP contribution in [0.25, 0.3) is 0 Å². The third kappa shape index (κ3) is 3.51. The standard InChI is InChI=1S/C24H22F2N4O2/c25-16-5-6-18(26)19(11-16)28-24(32)30-13-21-23(17-3-1-2-4-20(17)30)22(14-31)29(21)12-15-7-9-27-10-8-15/h1-11,21-23,31H,12-14H2,(H,28,32)/t21-,22+,23+/m1/s1. The average molecular weight is 436 g/mol. The first-order valence-corrected chi connectivity index (χ1v) is 10.4. The molecule has 3 atom stereocenters. The SMILES string of the molecule is O=C(Nc1cc(F)ccc1F)N1C[C@@H]2[C@H](c3ccccc31)[C@H](CO)N2Cc1ccncc1. The number of likely N-dealkylation sites (tertiary alicyclic amines) is 1. The van der Waals surface area contributed by atoms with Crippen molar-refractivity contribution in [1.29, 1.82) is 0 Å². The highest BCUT2D eigenvalue weighted by Crippen LogP contribution is 2.48. The zero-order chi connectivity index (χ0) is 22.2. The van der Waals surface area contributed by atoms with Crippen molar-refractivity contribution in [2.45, 2.75) is 24.5 Å². The molecule has 32 heavy (non-hydrogen) atoms. The molecule has 2 aliphatic rings. The van der Waals surface area contributed by atoms with E-state index in [2.05, 4.69) is 15.2 Å². The number of aromatic nitrogens is 1. The summed E-state index contributed by atoms with van der Waals surface area (Å²) in [6.07, 6.45) is 3.45. The van der Waals surface area contributed by atoms with Gasteiger partial charge in [-0.3, -0.25) is 14.8 Å². The molecule has 3 heterocycles. The lowest BCUT2D eigenvalue weighted by molar-refractivity contribution is -0.0484. The van der Waals surface area contributed by atoms with Gasteiger partial charge in [0.1, 0.15) is 11.6 Å². The summed E-state index contributed by atoms with van der Waals surface area (Å²) in [7, 11) is 0. The zero-order valence-corrected chi connectivity index (χ0v) is 17.2. The summed E-state index contributed by atoms with van der Waals surface area (Å²) in [6.45, 7) is 0.985. The molecule has 0 unspecified atom stereocenters. The second-order valence-electron chi connectivity index (χ2n) is 8.09. The topological polar surface area (TPSA) is 68.7 Å². The van der Waals surface area contributed by atoms with E-state index in [4.69, 9.17) is 0 Å². The number of para-hydroxylation sites is 1. The maximum atomic E-state index is 14.1. The van der Waals surface area contributed by atoms with Crippen LogP contribution >= 0.6 is 0 Å². The van der Waals surface area contributed by atoms with Crippen LogP contribution in [0.4, 0.5) is 25.0 Å². The van der Waals surface area contributed by atoms with E-state index >= 15 is 0 Å². The number of aliphatic hydroxyl groups excluding tert-OH is 1. The molecule has 1 aromatic heterocycles. The van der Waals surface area contributed by atoms with Crippen LogP contribution in [0, 0.1) is 11.6 Å². The fourth-order valence-electron chi connectivity index (χ4n) is 4.87. The number of nitrogens with one attached hydrogen (secondary N) is 1. The van der Waals surface area contributed by atoms with Gasteiger partial charge in [-0.05, 0) is 41.5 Å². The van der Waals surface area contributed by atoms with Gasteiger partial charge in [-0.25, -0.2) is 13.6 Å². The minimum Gasteiger partial charge on any atom is -0.395 e. The number of amides is 2. The Balaban J connectivity index is 1.45. The Morgan fingerprint density at radius 1 is 1.12 bits per heavy atom. The molecule has 8 heteroatoms. The number of nitrogens with zero attached hydrogens (tertiary/aromatic N) is 3.